The van der Waals surface area contributed by atoms with Gasteiger partial charge in [-0.25, -0.2) is 0 Å². The molecule has 0 radical (unpaired) electrons. The molecule has 0 aromatic heterocycles. The van der Waals surface area contributed by atoms with Gasteiger partial charge in [0.05, 0.1) is 19.3 Å². The van der Waals surface area contributed by atoms with Gasteiger partial charge in [0.2, 0.25) is 0 Å². The van der Waals surface area contributed by atoms with E-state index in [-0.39, 0.29) is 11.7 Å². The molecule has 0 amide bonds. The van der Waals surface area contributed by atoms with Crippen molar-refractivity contribution in [2.45, 2.75) is 31.0 Å². The fraction of sp³-hybridized carbons (Fsp3) is 0.562. The maximum Gasteiger partial charge on any atom is 0.162 e. The van der Waals surface area contributed by atoms with Crippen molar-refractivity contribution >= 4 is 18.0 Å². The van der Waals surface area contributed by atoms with E-state index < -0.39 is 0 Å². The van der Waals surface area contributed by atoms with Gasteiger partial charge < -0.3 is 14.2 Å². The van der Waals surface area contributed by atoms with Gasteiger partial charge in [-0.1, -0.05) is 0 Å². The summed E-state index contributed by atoms with van der Waals surface area (Å²) >= 11 is 1.95. The van der Waals surface area contributed by atoms with Gasteiger partial charge in [0.15, 0.2) is 11.5 Å². The zero-order valence-corrected chi connectivity index (χ0v) is 13.0. The molecule has 1 aromatic carbocycles. The van der Waals surface area contributed by atoms with E-state index in [0.717, 1.165) is 43.7 Å². The Morgan fingerprint density at radius 2 is 2.33 bits per heavy atom. The van der Waals surface area contributed by atoms with Crippen molar-refractivity contribution in [2.24, 2.45) is 0 Å². The zero-order chi connectivity index (χ0) is 14.7. The number of benzene rings is 1. The molecule has 0 saturated carbocycles. The molecule has 0 aliphatic carbocycles. The number of aldehydes is 1. The van der Waals surface area contributed by atoms with E-state index >= 15 is 0 Å². The topological polar surface area (TPSA) is 44.8 Å². The summed E-state index contributed by atoms with van der Waals surface area (Å²) in [6.07, 6.45) is 3.83. The average molecular weight is 308 g/mol. The molecular weight excluding hydrogens is 288 g/mol. The number of carbonyl (C=O) groups excluding carboxylic acids is 1. The van der Waals surface area contributed by atoms with Gasteiger partial charge in [0, 0.05) is 24.2 Å². The molecule has 4 nitrogen and oxygen atoms in total. The van der Waals surface area contributed by atoms with E-state index in [1.165, 1.54) is 0 Å². The Bertz CT molecular complexity index is 511. The van der Waals surface area contributed by atoms with E-state index in [1.54, 1.807) is 25.3 Å². The van der Waals surface area contributed by atoms with Crippen molar-refractivity contribution < 1.29 is 19.0 Å². The molecule has 0 N–H and O–H groups in total. The van der Waals surface area contributed by atoms with Crippen LogP contribution in [0, 0.1) is 0 Å². The van der Waals surface area contributed by atoms with E-state index in [1.807, 2.05) is 11.8 Å². The first kappa shape index (κ1) is 14.7. The SMILES string of the molecule is COc1ccc(C=O)cc1OC1CCOC2(CCSC2)C1. The number of ether oxygens (including phenoxy) is 3. The molecule has 114 valence electrons. The molecule has 2 aliphatic heterocycles. The van der Waals surface area contributed by atoms with Gasteiger partial charge in [-0.3, -0.25) is 4.79 Å². The smallest absolute Gasteiger partial charge is 0.162 e. The summed E-state index contributed by atoms with van der Waals surface area (Å²) in [7, 11) is 1.61. The van der Waals surface area contributed by atoms with E-state index in [9.17, 15) is 4.79 Å². The second kappa shape index (κ2) is 6.28. The largest absolute Gasteiger partial charge is 0.493 e. The van der Waals surface area contributed by atoms with Crippen LogP contribution < -0.4 is 9.47 Å². The lowest BCUT2D eigenvalue weighted by Gasteiger charge is -2.37. The van der Waals surface area contributed by atoms with E-state index in [0.29, 0.717) is 17.1 Å². The summed E-state index contributed by atoms with van der Waals surface area (Å²) in [5.74, 6) is 3.53. The Morgan fingerprint density at radius 3 is 3.05 bits per heavy atom. The van der Waals surface area contributed by atoms with Crippen LogP contribution in [-0.2, 0) is 4.74 Å². The first-order valence-electron chi connectivity index (χ1n) is 7.26. The lowest BCUT2D eigenvalue weighted by molar-refractivity contribution is -0.0961. The third-order valence-electron chi connectivity index (χ3n) is 4.13. The van der Waals surface area contributed by atoms with Crippen molar-refractivity contribution in [1.29, 1.82) is 0 Å². The highest BCUT2D eigenvalue weighted by atomic mass is 32.2. The van der Waals surface area contributed by atoms with Crippen LogP contribution in [0.15, 0.2) is 18.2 Å². The predicted molar refractivity (Wildman–Crippen MR) is 82.7 cm³/mol. The number of rotatable bonds is 4. The van der Waals surface area contributed by atoms with Crippen LogP contribution in [0.2, 0.25) is 0 Å². The molecule has 2 atom stereocenters. The van der Waals surface area contributed by atoms with Gasteiger partial charge in [0.25, 0.3) is 0 Å². The van der Waals surface area contributed by atoms with Crippen LogP contribution in [0.3, 0.4) is 0 Å². The highest BCUT2D eigenvalue weighted by molar-refractivity contribution is 7.99. The summed E-state index contributed by atoms with van der Waals surface area (Å²) in [5, 5.41) is 0. The summed E-state index contributed by atoms with van der Waals surface area (Å²) in [4.78, 5) is 10.9. The molecule has 2 heterocycles. The van der Waals surface area contributed by atoms with E-state index in [2.05, 4.69) is 0 Å². The third-order valence-corrected chi connectivity index (χ3v) is 5.36. The van der Waals surface area contributed by atoms with Crippen molar-refractivity contribution in [3.63, 3.8) is 0 Å². The lowest BCUT2D eigenvalue weighted by Crippen LogP contribution is -2.43. The van der Waals surface area contributed by atoms with Crippen LogP contribution in [0.25, 0.3) is 0 Å². The summed E-state index contributed by atoms with van der Waals surface area (Å²) < 4.78 is 17.5. The molecule has 2 fully saturated rings. The number of hydrogen-bond donors (Lipinski definition) is 0. The fourth-order valence-corrected chi connectivity index (χ4v) is 4.36. The molecule has 2 saturated heterocycles. The highest BCUT2D eigenvalue weighted by Crippen LogP contribution is 2.40. The second-order valence-electron chi connectivity index (χ2n) is 5.59. The maximum absolute atomic E-state index is 10.9. The predicted octanol–water partition coefficient (Wildman–Crippen LogP) is 2.94. The molecule has 1 aromatic rings. The van der Waals surface area contributed by atoms with Crippen molar-refractivity contribution in [3.05, 3.63) is 23.8 Å². The Balaban J connectivity index is 1.74. The first-order valence-corrected chi connectivity index (χ1v) is 8.42. The van der Waals surface area contributed by atoms with Gasteiger partial charge in [-0.05, 0) is 30.4 Å². The number of thioether (sulfide) groups is 1. The van der Waals surface area contributed by atoms with Crippen LogP contribution in [0.4, 0.5) is 0 Å². The molecule has 3 rings (SSSR count). The van der Waals surface area contributed by atoms with Crippen LogP contribution in [-0.4, -0.2) is 43.2 Å². The van der Waals surface area contributed by atoms with Crippen LogP contribution in [0.1, 0.15) is 29.6 Å². The molecular formula is C16H20O4S. The van der Waals surface area contributed by atoms with Gasteiger partial charge in [-0.2, -0.15) is 11.8 Å². The molecule has 2 unspecified atom stereocenters. The highest BCUT2D eigenvalue weighted by Gasteiger charge is 2.41. The minimum atomic E-state index is -0.0108. The molecule has 5 heteroatoms. The maximum atomic E-state index is 10.9. The van der Waals surface area contributed by atoms with Crippen molar-refractivity contribution in [1.82, 2.24) is 0 Å². The average Bonchev–Trinajstić information content (AvgIpc) is 2.95. The first-order chi connectivity index (χ1) is 10.2. The van der Waals surface area contributed by atoms with Crippen molar-refractivity contribution in [3.8, 4) is 11.5 Å². The van der Waals surface area contributed by atoms with E-state index in [4.69, 9.17) is 14.2 Å². The zero-order valence-electron chi connectivity index (χ0n) is 12.2. The standard InChI is InChI=1S/C16H20O4S/c1-18-14-3-2-12(10-17)8-15(14)20-13-4-6-19-16(9-13)5-7-21-11-16/h2-3,8,10,13H,4-7,9,11H2,1H3. The number of hydrogen-bond acceptors (Lipinski definition) is 5. The fourth-order valence-electron chi connectivity index (χ4n) is 2.98. The quantitative estimate of drug-likeness (QED) is 0.800. The Hall–Kier alpha value is -1.20. The molecule has 21 heavy (non-hydrogen) atoms. The Morgan fingerprint density at radius 1 is 1.43 bits per heavy atom. The second-order valence-corrected chi connectivity index (χ2v) is 6.70. The number of carbonyl (C=O) groups is 1. The van der Waals surface area contributed by atoms with Gasteiger partial charge >= 0.3 is 0 Å². The van der Waals surface area contributed by atoms with Gasteiger partial charge in [0.1, 0.15) is 12.4 Å². The van der Waals surface area contributed by atoms with Crippen LogP contribution in [0.5, 0.6) is 11.5 Å². The van der Waals surface area contributed by atoms with Crippen LogP contribution >= 0.6 is 11.8 Å². The summed E-state index contributed by atoms with van der Waals surface area (Å²) in [5.41, 5.74) is 0.590. The normalized spacial score (nSPS) is 28.5. The Labute approximate surface area is 129 Å². The monoisotopic (exact) mass is 308 g/mol. The number of methoxy groups -OCH3 is 1. The molecule has 1 spiro atoms. The summed E-state index contributed by atoms with van der Waals surface area (Å²) in [6.45, 7) is 0.737. The lowest BCUT2D eigenvalue weighted by atomic mass is 9.91. The Kier molecular flexibility index (Phi) is 4.40. The molecule has 2 aliphatic rings. The van der Waals surface area contributed by atoms with Crippen molar-refractivity contribution in [2.75, 3.05) is 25.2 Å². The minimum Gasteiger partial charge on any atom is -0.493 e. The minimum absolute atomic E-state index is 0.0108. The molecule has 0 bridgehead atoms. The van der Waals surface area contributed by atoms with Gasteiger partial charge in [-0.15, -0.1) is 0 Å². The summed E-state index contributed by atoms with van der Waals surface area (Å²) in [6, 6.07) is 5.26. The third kappa shape index (κ3) is 3.19.